The summed E-state index contributed by atoms with van der Waals surface area (Å²) in [5.74, 6) is -0.540. The molecule has 0 radical (unpaired) electrons. The van der Waals surface area contributed by atoms with Crippen LogP contribution in [0.5, 0.6) is 0 Å². The first-order valence-corrected chi connectivity index (χ1v) is 11.1. The zero-order valence-electron chi connectivity index (χ0n) is 14.0. The predicted octanol–water partition coefficient (Wildman–Crippen LogP) is 1.55. The van der Waals surface area contributed by atoms with Gasteiger partial charge in [-0.15, -0.1) is 11.3 Å². The molecule has 0 spiro atoms. The quantitative estimate of drug-likeness (QED) is 0.713. The van der Waals surface area contributed by atoms with Crippen LogP contribution >= 0.6 is 11.3 Å². The molecule has 1 N–H and O–H groups in total. The number of amides is 1. The number of hydrogen-bond donors (Lipinski definition) is 1. The lowest BCUT2D eigenvalue weighted by Crippen LogP contribution is -2.32. The average Bonchev–Trinajstić information content (AvgIpc) is 3.32. The summed E-state index contributed by atoms with van der Waals surface area (Å²) in [5, 5.41) is 9.30. The van der Waals surface area contributed by atoms with Gasteiger partial charge in [0.15, 0.2) is 15.5 Å². The maximum atomic E-state index is 12.1. The van der Waals surface area contributed by atoms with Crippen LogP contribution in [0.4, 0.5) is 0 Å². The van der Waals surface area contributed by atoms with Crippen LogP contribution in [-0.4, -0.2) is 47.0 Å². The first-order valence-electron chi connectivity index (χ1n) is 8.37. The predicted molar refractivity (Wildman–Crippen MR) is 99.8 cm³/mol. The number of nitrogens with one attached hydrogen (secondary N) is 1. The van der Waals surface area contributed by atoms with Crippen molar-refractivity contribution in [3.63, 3.8) is 0 Å². The van der Waals surface area contributed by atoms with Gasteiger partial charge in [-0.2, -0.15) is 5.10 Å². The fourth-order valence-electron chi connectivity index (χ4n) is 3.07. The highest BCUT2D eigenvalue weighted by Crippen LogP contribution is 2.23. The van der Waals surface area contributed by atoms with Crippen molar-refractivity contribution in [3.05, 3.63) is 41.5 Å². The Morgan fingerprint density at radius 2 is 2.27 bits per heavy atom. The van der Waals surface area contributed by atoms with E-state index < -0.39 is 15.8 Å². The maximum absolute atomic E-state index is 12.1. The number of nitrogens with zero attached hydrogens (tertiary/aromatic N) is 3. The lowest BCUT2D eigenvalue weighted by molar-refractivity contribution is -0.124. The summed E-state index contributed by atoms with van der Waals surface area (Å²) in [4.78, 5) is 17.8. The van der Waals surface area contributed by atoms with Crippen LogP contribution in [0.3, 0.4) is 0 Å². The van der Waals surface area contributed by atoms with E-state index in [9.17, 15) is 13.2 Å². The van der Waals surface area contributed by atoms with E-state index in [0.29, 0.717) is 19.4 Å². The summed E-state index contributed by atoms with van der Waals surface area (Å²) < 4.78 is 24.6. The normalized spacial score (nSPS) is 19.0. The largest absolute Gasteiger partial charge is 0.355 e. The molecule has 0 bridgehead atoms. The van der Waals surface area contributed by atoms with Gasteiger partial charge in [0, 0.05) is 25.2 Å². The van der Waals surface area contributed by atoms with Gasteiger partial charge < -0.3 is 5.32 Å². The molecule has 3 aromatic rings. The lowest BCUT2D eigenvalue weighted by atomic mass is 10.1. The minimum atomic E-state index is -3.04. The molecule has 0 aliphatic carbocycles. The van der Waals surface area contributed by atoms with E-state index in [1.165, 1.54) is 0 Å². The van der Waals surface area contributed by atoms with Crippen LogP contribution in [0.1, 0.15) is 12.1 Å². The van der Waals surface area contributed by atoms with Gasteiger partial charge in [-0.1, -0.05) is 6.07 Å². The number of rotatable bonds is 5. The van der Waals surface area contributed by atoms with Crippen molar-refractivity contribution in [2.45, 2.75) is 12.8 Å². The lowest BCUT2D eigenvalue weighted by Gasteiger charge is -2.08. The number of carbonyl (C=O) groups is 1. The third-order valence-corrected chi connectivity index (χ3v) is 7.09. The number of aromatic nitrogens is 3. The summed E-state index contributed by atoms with van der Waals surface area (Å²) in [6.07, 6.45) is 2.86. The van der Waals surface area contributed by atoms with Gasteiger partial charge in [0.1, 0.15) is 0 Å². The Morgan fingerprint density at radius 1 is 1.38 bits per heavy atom. The molecule has 1 aliphatic heterocycles. The highest BCUT2D eigenvalue weighted by molar-refractivity contribution is 7.91. The van der Waals surface area contributed by atoms with Crippen molar-refractivity contribution in [2.24, 2.45) is 5.92 Å². The average molecular weight is 390 g/mol. The Hall–Kier alpha value is -2.26. The van der Waals surface area contributed by atoms with Crippen LogP contribution in [0.25, 0.3) is 16.2 Å². The Balaban J connectivity index is 1.38. The van der Waals surface area contributed by atoms with Crippen LogP contribution in [-0.2, 0) is 21.1 Å². The van der Waals surface area contributed by atoms with Gasteiger partial charge in [-0.05, 0) is 23.9 Å². The summed E-state index contributed by atoms with van der Waals surface area (Å²) in [6.45, 7) is 0.428. The van der Waals surface area contributed by atoms with Gasteiger partial charge in [0.2, 0.25) is 5.91 Å². The van der Waals surface area contributed by atoms with E-state index in [2.05, 4.69) is 15.4 Å². The van der Waals surface area contributed by atoms with E-state index in [0.717, 1.165) is 21.9 Å². The molecule has 7 nitrogen and oxygen atoms in total. The number of carbonyl (C=O) groups excluding carboxylic acids is 1. The molecule has 1 amide bonds. The third kappa shape index (κ3) is 3.63. The Kier molecular flexibility index (Phi) is 4.49. The number of hydrogen-bond acceptors (Lipinski definition) is 6. The maximum Gasteiger partial charge on any atom is 0.224 e. The van der Waals surface area contributed by atoms with Crippen molar-refractivity contribution in [1.82, 2.24) is 19.9 Å². The van der Waals surface area contributed by atoms with Crippen molar-refractivity contribution >= 4 is 32.7 Å². The minimum Gasteiger partial charge on any atom is -0.355 e. The van der Waals surface area contributed by atoms with Crippen molar-refractivity contribution in [2.75, 3.05) is 18.1 Å². The monoisotopic (exact) mass is 390 g/mol. The van der Waals surface area contributed by atoms with E-state index in [4.69, 9.17) is 0 Å². The molecule has 0 aromatic carbocycles. The molecule has 26 heavy (non-hydrogen) atoms. The van der Waals surface area contributed by atoms with Gasteiger partial charge in [-0.3, -0.25) is 4.79 Å². The first kappa shape index (κ1) is 17.2. The van der Waals surface area contributed by atoms with Crippen LogP contribution in [0, 0.1) is 5.92 Å². The minimum absolute atomic E-state index is 0.0391. The number of thiophene rings is 1. The smallest absolute Gasteiger partial charge is 0.224 e. The van der Waals surface area contributed by atoms with Crippen molar-refractivity contribution in [1.29, 1.82) is 0 Å². The molecule has 0 unspecified atom stereocenters. The van der Waals surface area contributed by atoms with Crippen LogP contribution < -0.4 is 5.32 Å². The Bertz CT molecular complexity index is 1040. The molecule has 4 heterocycles. The van der Waals surface area contributed by atoms with E-state index in [1.54, 1.807) is 15.9 Å². The topological polar surface area (TPSA) is 93.4 Å². The fraction of sp³-hybridized carbons (Fsp3) is 0.353. The molecule has 9 heteroatoms. The highest BCUT2D eigenvalue weighted by atomic mass is 32.2. The molecular weight excluding hydrogens is 372 g/mol. The highest BCUT2D eigenvalue weighted by Gasteiger charge is 2.32. The summed E-state index contributed by atoms with van der Waals surface area (Å²) >= 11 is 1.64. The first-order chi connectivity index (χ1) is 12.5. The molecule has 1 atom stereocenters. The second kappa shape index (κ2) is 6.81. The van der Waals surface area contributed by atoms with E-state index in [1.807, 2.05) is 35.8 Å². The zero-order valence-corrected chi connectivity index (χ0v) is 15.6. The fourth-order valence-corrected chi connectivity index (χ4v) is 5.51. The van der Waals surface area contributed by atoms with Crippen molar-refractivity contribution < 1.29 is 13.2 Å². The van der Waals surface area contributed by atoms with E-state index >= 15 is 0 Å². The third-order valence-electron chi connectivity index (χ3n) is 4.43. The summed E-state index contributed by atoms with van der Waals surface area (Å²) in [7, 11) is -3.04. The molecule has 3 aromatic heterocycles. The van der Waals surface area contributed by atoms with Crippen LogP contribution in [0.2, 0.25) is 0 Å². The number of sulfone groups is 1. The Morgan fingerprint density at radius 3 is 3.00 bits per heavy atom. The molecule has 1 aliphatic rings. The zero-order chi connectivity index (χ0) is 18.1. The standard InChI is InChI=1S/C17H18N4O3S2/c22-17(12-5-9-26(23,24)11-12)18-6-3-13-10-16-19-14(4-7-21(16)20-13)15-2-1-8-25-15/h1-2,4,7-8,10,12H,3,5-6,9,11H2,(H,18,22)/t12-/m0/s1. The number of fused-ring (bicyclic) bond motifs is 1. The molecule has 4 rings (SSSR count). The molecule has 1 saturated heterocycles. The van der Waals surface area contributed by atoms with Crippen molar-refractivity contribution in [3.8, 4) is 10.6 Å². The molecule has 1 fully saturated rings. The van der Waals surface area contributed by atoms with Gasteiger partial charge >= 0.3 is 0 Å². The van der Waals surface area contributed by atoms with E-state index in [-0.39, 0.29) is 17.4 Å². The van der Waals surface area contributed by atoms with Gasteiger partial charge in [0.05, 0.1) is 33.7 Å². The molecule has 0 saturated carbocycles. The van der Waals surface area contributed by atoms with Gasteiger partial charge in [0.25, 0.3) is 0 Å². The summed E-state index contributed by atoms with van der Waals surface area (Å²) in [6, 6.07) is 7.85. The molecular formula is C17H18N4O3S2. The Labute approximate surface area is 155 Å². The SMILES string of the molecule is O=C(NCCc1cc2nc(-c3cccs3)ccn2n1)[C@H]1CCS(=O)(=O)C1. The summed E-state index contributed by atoms with van der Waals surface area (Å²) in [5.41, 5.74) is 2.51. The van der Waals surface area contributed by atoms with Gasteiger partial charge in [-0.25, -0.2) is 17.9 Å². The second-order valence-corrected chi connectivity index (χ2v) is 9.55. The van der Waals surface area contributed by atoms with Crippen LogP contribution in [0.15, 0.2) is 35.8 Å². The molecule has 136 valence electrons. The second-order valence-electron chi connectivity index (χ2n) is 6.37.